The zero-order chi connectivity index (χ0) is 40.2. The molecular formula is C42H71N5O7S. The lowest BCUT2D eigenvalue weighted by atomic mass is 9.71. The lowest BCUT2D eigenvalue weighted by Crippen LogP contribution is -2.62. The Balaban J connectivity index is 1.38. The molecule has 1 saturated heterocycles. The molecule has 4 N–H and O–H groups in total. The van der Waals surface area contributed by atoms with Crippen molar-refractivity contribution < 1.29 is 32.4 Å². The van der Waals surface area contributed by atoms with Crippen LogP contribution in [0.15, 0.2) is 0 Å². The number of hydrogen-bond donors (Lipinski definition) is 4. The number of nitrogens with zero attached hydrogens (tertiary/aromatic N) is 1. The van der Waals surface area contributed by atoms with Crippen molar-refractivity contribution in [2.24, 2.45) is 23.2 Å². The maximum Gasteiger partial charge on any atom is 0.315 e. The molecule has 0 spiro atoms. The highest BCUT2D eigenvalue weighted by Gasteiger charge is 2.47. The fourth-order valence-corrected chi connectivity index (χ4v) is 10.8. The van der Waals surface area contributed by atoms with E-state index < -0.39 is 61.9 Å². The predicted octanol–water partition coefficient (Wildman–Crippen LogP) is 5.72. The molecule has 0 aromatic rings. The van der Waals surface area contributed by atoms with Gasteiger partial charge in [-0.25, -0.2) is 13.2 Å². The fraction of sp³-hybridized carbons (Fsp3) is 0.881. The molecule has 4 atom stereocenters. The molecule has 5 rings (SSSR count). The molecule has 4 saturated carbocycles. The van der Waals surface area contributed by atoms with Gasteiger partial charge < -0.3 is 26.2 Å². The smallest absolute Gasteiger partial charge is 0.315 e. The van der Waals surface area contributed by atoms with E-state index in [1.807, 2.05) is 0 Å². The summed E-state index contributed by atoms with van der Waals surface area (Å²) in [6, 6.07) is -3.31. The van der Waals surface area contributed by atoms with Gasteiger partial charge in [-0.3, -0.25) is 19.2 Å². The Bertz CT molecular complexity index is 1500. The monoisotopic (exact) mass is 790 g/mol. The van der Waals surface area contributed by atoms with Crippen LogP contribution >= 0.6 is 0 Å². The summed E-state index contributed by atoms with van der Waals surface area (Å²) in [5.41, 5.74) is -1.14. The molecule has 55 heavy (non-hydrogen) atoms. The van der Waals surface area contributed by atoms with Crippen LogP contribution in [-0.2, 0) is 29.0 Å². The highest BCUT2D eigenvalue weighted by Crippen LogP contribution is 2.41. The van der Waals surface area contributed by atoms with Crippen LogP contribution in [-0.4, -0.2) is 89.6 Å². The van der Waals surface area contributed by atoms with E-state index in [2.05, 4.69) is 42.0 Å². The number of urea groups is 1. The normalized spacial score (nSPS) is 25.1. The van der Waals surface area contributed by atoms with Gasteiger partial charge in [0, 0.05) is 12.6 Å². The lowest BCUT2D eigenvalue weighted by molar-refractivity contribution is -0.143. The third kappa shape index (κ3) is 12.2. The van der Waals surface area contributed by atoms with Crippen molar-refractivity contribution in [3.8, 4) is 0 Å². The summed E-state index contributed by atoms with van der Waals surface area (Å²) >= 11 is 0. The van der Waals surface area contributed by atoms with Gasteiger partial charge in [0.05, 0.1) is 22.1 Å². The van der Waals surface area contributed by atoms with E-state index in [9.17, 15) is 32.4 Å². The minimum atomic E-state index is -3.57. The summed E-state index contributed by atoms with van der Waals surface area (Å²) in [6.07, 6.45) is 15.3. The highest BCUT2D eigenvalue weighted by atomic mass is 32.2. The zero-order valence-corrected chi connectivity index (χ0v) is 35.4. The quantitative estimate of drug-likeness (QED) is 0.137. The fourth-order valence-electron chi connectivity index (χ4n) is 9.29. The Morgan fingerprint density at radius 2 is 1.44 bits per heavy atom. The molecule has 4 aliphatic carbocycles. The number of carbonyl (C=O) groups excluding carboxylic acids is 5. The first-order valence-electron chi connectivity index (χ1n) is 21.6. The Morgan fingerprint density at radius 1 is 0.818 bits per heavy atom. The maximum atomic E-state index is 14.9. The average Bonchev–Trinajstić information content (AvgIpc) is 4.04. The predicted molar refractivity (Wildman–Crippen MR) is 214 cm³/mol. The molecule has 312 valence electrons. The van der Waals surface area contributed by atoms with Crippen LogP contribution in [0.4, 0.5) is 4.79 Å². The number of hydrogen-bond acceptors (Lipinski definition) is 7. The molecule has 5 amide bonds. The van der Waals surface area contributed by atoms with E-state index in [-0.39, 0.29) is 29.0 Å². The van der Waals surface area contributed by atoms with Crippen LogP contribution in [0.2, 0.25) is 0 Å². The van der Waals surface area contributed by atoms with Gasteiger partial charge in [0.1, 0.15) is 12.1 Å². The summed E-state index contributed by atoms with van der Waals surface area (Å²) in [4.78, 5) is 71.3. The van der Waals surface area contributed by atoms with E-state index in [1.165, 1.54) is 0 Å². The van der Waals surface area contributed by atoms with Gasteiger partial charge in [-0.1, -0.05) is 72.1 Å². The van der Waals surface area contributed by atoms with E-state index in [0.717, 1.165) is 89.9 Å². The number of sulfone groups is 1. The van der Waals surface area contributed by atoms with Crippen LogP contribution in [0.5, 0.6) is 0 Å². The lowest BCUT2D eigenvalue weighted by Gasteiger charge is -2.41. The van der Waals surface area contributed by atoms with E-state index in [0.29, 0.717) is 50.5 Å². The van der Waals surface area contributed by atoms with E-state index >= 15 is 0 Å². The number of rotatable bonds is 17. The van der Waals surface area contributed by atoms with Gasteiger partial charge >= 0.3 is 6.03 Å². The van der Waals surface area contributed by atoms with Crippen molar-refractivity contribution in [2.45, 2.75) is 198 Å². The second-order valence-corrected chi connectivity index (χ2v) is 22.6. The molecule has 13 heteroatoms. The summed E-state index contributed by atoms with van der Waals surface area (Å²) < 4.78 is 26.0. The van der Waals surface area contributed by atoms with Crippen molar-refractivity contribution in [2.75, 3.05) is 12.3 Å². The number of carbonyl (C=O) groups is 5. The molecule has 1 heterocycles. The minimum Gasteiger partial charge on any atom is -0.347 e. The molecule has 5 aliphatic rings. The summed E-state index contributed by atoms with van der Waals surface area (Å²) in [5.74, 6) is -1.36. The molecule has 1 aliphatic heterocycles. The van der Waals surface area contributed by atoms with Crippen molar-refractivity contribution in [3.63, 3.8) is 0 Å². The SMILES string of the molecule is CC(C)C[C@@H]1C[C@@H](C(=O)N[C@@H](CCC2CC2)C(=O)C(=O)NC2CC2)N(C(=O)[C@H](CC2(C)CCCCC2)NC(=O)NC2(CS(=O)(=O)C(C)(C)C)CCCCC2)C1. The van der Waals surface area contributed by atoms with Crippen LogP contribution in [0.1, 0.15) is 164 Å². The van der Waals surface area contributed by atoms with E-state index in [4.69, 9.17) is 0 Å². The summed E-state index contributed by atoms with van der Waals surface area (Å²) in [7, 11) is -3.57. The van der Waals surface area contributed by atoms with Gasteiger partial charge in [-0.15, -0.1) is 0 Å². The van der Waals surface area contributed by atoms with Gasteiger partial charge in [0.2, 0.25) is 17.6 Å². The molecule has 0 radical (unpaired) electrons. The number of amides is 5. The summed E-state index contributed by atoms with van der Waals surface area (Å²) in [6.45, 7) is 11.8. The summed E-state index contributed by atoms with van der Waals surface area (Å²) in [5, 5.41) is 11.9. The Kier molecular flexibility index (Phi) is 14.1. The van der Waals surface area contributed by atoms with Crippen LogP contribution in [0, 0.1) is 23.2 Å². The topological polar surface area (TPSA) is 171 Å². The number of nitrogens with one attached hydrogen (secondary N) is 4. The third-order valence-corrected chi connectivity index (χ3v) is 15.9. The van der Waals surface area contributed by atoms with Crippen LogP contribution < -0.4 is 21.3 Å². The van der Waals surface area contributed by atoms with Crippen molar-refractivity contribution in [1.29, 1.82) is 0 Å². The second kappa shape index (κ2) is 17.8. The Morgan fingerprint density at radius 3 is 2.00 bits per heavy atom. The number of Topliss-reactive ketones (excluding diaryl/α,β-unsaturated/α-hetero) is 1. The van der Waals surface area contributed by atoms with Gasteiger partial charge in [-0.05, 0) is 115 Å². The minimum absolute atomic E-state index is 0.0134. The molecular weight excluding hydrogens is 719 g/mol. The molecule has 0 bridgehead atoms. The molecule has 5 fully saturated rings. The third-order valence-electron chi connectivity index (χ3n) is 13.1. The highest BCUT2D eigenvalue weighted by molar-refractivity contribution is 7.92. The van der Waals surface area contributed by atoms with Crippen molar-refractivity contribution in [3.05, 3.63) is 0 Å². The Hall–Kier alpha value is -2.70. The molecule has 12 nitrogen and oxygen atoms in total. The van der Waals surface area contributed by atoms with Gasteiger partial charge in [0.15, 0.2) is 9.84 Å². The zero-order valence-electron chi connectivity index (χ0n) is 34.6. The van der Waals surface area contributed by atoms with Gasteiger partial charge in [-0.2, -0.15) is 0 Å². The molecule has 0 aromatic carbocycles. The standard InChI is InChI=1S/C42H71N5O7S/c1-28(2)23-30-24-34(36(49)44-32(18-15-29-13-14-29)35(48)37(50)43-31-16-17-31)47(26-30)38(51)33(25-41(6)19-9-7-10-20-41)45-39(52)46-42(21-11-8-12-22-42)27-55(53,54)40(3,4)5/h28-34H,7-27H2,1-6H3,(H,43,50)(H,44,49)(H2,45,46,52)/t30-,32+,33+,34+/m1/s1. The van der Waals surface area contributed by atoms with Crippen molar-refractivity contribution in [1.82, 2.24) is 26.2 Å². The first-order valence-corrected chi connectivity index (χ1v) is 23.2. The largest absolute Gasteiger partial charge is 0.347 e. The Labute approximate surface area is 330 Å². The average molecular weight is 790 g/mol. The number of likely N-dealkylation sites (tertiary alicyclic amines) is 1. The second-order valence-electron chi connectivity index (χ2n) is 19.9. The van der Waals surface area contributed by atoms with Crippen molar-refractivity contribution >= 4 is 39.4 Å². The van der Waals surface area contributed by atoms with Crippen LogP contribution in [0.25, 0.3) is 0 Å². The first-order chi connectivity index (χ1) is 25.8. The van der Waals surface area contributed by atoms with Gasteiger partial charge in [0.25, 0.3) is 5.91 Å². The molecule has 0 aromatic heterocycles. The number of ketones is 1. The van der Waals surface area contributed by atoms with Crippen LogP contribution in [0.3, 0.4) is 0 Å². The molecule has 0 unspecified atom stereocenters. The van der Waals surface area contributed by atoms with E-state index in [1.54, 1.807) is 25.7 Å². The maximum absolute atomic E-state index is 14.9. The first kappa shape index (κ1) is 43.4.